The number of carbonyl (C=O) groups excluding carboxylic acids is 1. The van der Waals surface area contributed by atoms with Gasteiger partial charge in [-0.3, -0.25) is 4.99 Å². The predicted molar refractivity (Wildman–Crippen MR) is 198 cm³/mol. The monoisotopic (exact) mass is 720 g/mol. The first kappa shape index (κ1) is 37.9. The number of amides is 1. The van der Waals surface area contributed by atoms with Gasteiger partial charge in [0, 0.05) is 18.4 Å². The van der Waals surface area contributed by atoms with Crippen molar-refractivity contribution in [1.82, 2.24) is 4.31 Å². The van der Waals surface area contributed by atoms with Crippen LogP contribution in [0.15, 0.2) is 69.3 Å². The summed E-state index contributed by atoms with van der Waals surface area (Å²) in [5.41, 5.74) is 14.5. The highest BCUT2D eigenvalue weighted by Gasteiger charge is 2.56. The quantitative estimate of drug-likeness (QED) is 0.0900. The Morgan fingerprint density at radius 2 is 1.73 bits per heavy atom. The maximum absolute atomic E-state index is 15.3. The topological polar surface area (TPSA) is 175 Å². The lowest BCUT2D eigenvalue weighted by molar-refractivity contribution is -0.149. The lowest BCUT2D eigenvalue weighted by Crippen LogP contribution is -2.60. The van der Waals surface area contributed by atoms with Crippen LogP contribution in [-0.4, -0.2) is 53.5 Å². The summed E-state index contributed by atoms with van der Waals surface area (Å²) in [6, 6.07) is 13.8. The minimum absolute atomic E-state index is 0.00777. The molecule has 2 aromatic rings. The van der Waals surface area contributed by atoms with E-state index in [0.717, 1.165) is 40.0 Å². The van der Waals surface area contributed by atoms with Gasteiger partial charge < -0.3 is 26.0 Å². The lowest BCUT2D eigenvalue weighted by atomic mass is 9.79. The number of carboxylic acids is 1. The summed E-state index contributed by atoms with van der Waals surface area (Å²) in [5.74, 6) is -1.71. The molecule has 1 aliphatic heterocycles. The number of ether oxygens (including phenoxy) is 2. The first-order chi connectivity index (χ1) is 24.1. The molecule has 276 valence electrons. The Balaban J connectivity index is 1.61. The van der Waals surface area contributed by atoms with Gasteiger partial charge in [-0.05, 0) is 98.8 Å². The van der Waals surface area contributed by atoms with Crippen molar-refractivity contribution < 1.29 is 32.6 Å². The first-order valence-corrected chi connectivity index (χ1v) is 19.3. The van der Waals surface area contributed by atoms with Crippen LogP contribution in [0.25, 0.3) is 11.1 Å². The number of benzene rings is 2. The molecule has 2 unspecified atom stereocenters. The fourth-order valence-corrected chi connectivity index (χ4v) is 10.5. The Hall–Kier alpha value is -4.32. The molecule has 0 saturated carbocycles. The van der Waals surface area contributed by atoms with E-state index in [1.807, 2.05) is 71.0 Å². The number of unbranched alkanes of at least 4 members (excludes halogenated alkanes) is 2. The molecule has 2 aliphatic carbocycles. The maximum atomic E-state index is 15.3. The van der Waals surface area contributed by atoms with E-state index in [9.17, 15) is 14.7 Å². The number of nitrogens with two attached hydrogens (primary N) is 2. The molecule has 1 heterocycles. The Morgan fingerprint density at radius 1 is 1.04 bits per heavy atom. The van der Waals surface area contributed by atoms with Crippen LogP contribution in [0.1, 0.15) is 103 Å². The number of nitrogens with zero attached hydrogens (tertiary/aromatic N) is 2. The van der Waals surface area contributed by atoms with Crippen molar-refractivity contribution in [3.05, 3.63) is 81.0 Å². The molecule has 12 heteroatoms. The summed E-state index contributed by atoms with van der Waals surface area (Å²) in [6.45, 7) is 11.0. The van der Waals surface area contributed by atoms with Gasteiger partial charge in [-0.1, -0.05) is 75.6 Å². The summed E-state index contributed by atoms with van der Waals surface area (Å²) < 4.78 is 43.4. The van der Waals surface area contributed by atoms with E-state index in [0.29, 0.717) is 41.1 Å². The average Bonchev–Trinajstić information content (AvgIpc) is 3.61. The van der Waals surface area contributed by atoms with Gasteiger partial charge in [0.1, 0.15) is 18.0 Å². The van der Waals surface area contributed by atoms with Gasteiger partial charge in [0.15, 0.2) is 11.5 Å². The van der Waals surface area contributed by atoms with E-state index in [1.54, 1.807) is 6.92 Å². The van der Waals surface area contributed by atoms with E-state index in [4.69, 9.17) is 20.9 Å². The van der Waals surface area contributed by atoms with Crippen molar-refractivity contribution in [2.24, 2.45) is 28.3 Å². The first-order valence-electron chi connectivity index (χ1n) is 17.9. The molecule has 3 aliphatic rings. The van der Waals surface area contributed by atoms with E-state index >= 15 is 8.42 Å². The molecule has 1 saturated heterocycles. The van der Waals surface area contributed by atoms with E-state index in [1.165, 1.54) is 0 Å². The van der Waals surface area contributed by atoms with Crippen molar-refractivity contribution in [3.8, 4) is 11.1 Å². The highest BCUT2D eigenvalue weighted by atomic mass is 32.2. The summed E-state index contributed by atoms with van der Waals surface area (Å²) in [7, 11) is -4.80. The van der Waals surface area contributed by atoms with Gasteiger partial charge in [-0.2, -0.15) is 4.31 Å². The van der Waals surface area contributed by atoms with Crippen molar-refractivity contribution in [2.75, 3.05) is 6.54 Å². The van der Waals surface area contributed by atoms with Gasteiger partial charge in [0.25, 0.3) is 10.0 Å². The van der Waals surface area contributed by atoms with Crippen LogP contribution in [0.2, 0.25) is 0 Å². The number of guanidine groups is 1. The Bertz CT molecular complexity index is 1890. The second-order valence-electron chi connectivity index (χ2n) is 14.7. The van der Waals surface area contributed by atoms with Gasteiger partial charge in [-0.15, -0.1) is 0 Å². The third-order valence-corrected chi connectivity index (χ3v) is 13.0. The molecule has 1 amide bonds. The number of allylic oxidation sites excluding steroid dienone is 4. The van der Waals surface area contributed by atoms with Crippen LogP contribution in [0.4, 0.5) is 4.79 Å². The molecule has 11 nitrogen and oxygen atoms in total. The Labute approximate surface area is 301 Å². The van der Waals surface area contributed by atoms with Crippen LogP contribution in [0.3, 0.4) is 0 Å². The number of carbonyl (C=O) groups is 2. The molecular formula is C39H52N4O7S. The minimum Gasteiger partial charge on any atom is -0.492 e. The highest BCUT2D eigenvalue weighted by molar-refractivity contribution is 7.93. The summed E-state index contributed by atoms with van der Waals surface area (Å²) in [6.07, 6.45) is 1.53. The Kier molecular flexibility index (Phi) is 11.0. The molecule has 5 N–H and O–H groups in total. The summed E-state index contributed by atoms with van der Waals surface area (Å²) >= 11 is 0. The number of hydrogen-bond donors (Lipinski definition) is 3. The van der Waals surface area contributed by atoms with Crippen molar-refractivity contribution in [1.29, 1.82) is 0 Å². The molecule has 2 aromatic carbocycles. The second kappa shape index (κ2) is 14.7. The fraction of sp³-hybridized carbons (Fsp3) is 0.513. The van der Waals surface area contributed by atoms with E-state index < -0.39 is 39.1 Å². The number of aliphatic carboxylic acids is 1. The zero-order valence-corrected chi connectivity index (χ0v) is 31.4. The number of rotatable bonds is 14. The lowest BCUT2D eigenvalue weighted by Gasteiger charge is -2.41. The van der Waals surface area contributed by atoms with Crippen LogP contribution < -0.4 is 11.5 Å². The zero-order chi connectivity index (χ0) is 37.3. The second-order valence-corrected chi connectivity index (χ2v) is 16.5. The molecule has 0 radical (unpaired) electrons. The van der Waals surface area contributed by atoms with Crippen LogP contribution in [0.5, 0.6) is 0 Å². The van der Waals surface area contributed by atoms with Crippen LogP contribution in [0, 0.1) is 11.8 Å². The molecule has 0 bridgehead atoms. The zero-order valence-electron chi connectivity index (χ0n) is 30.6. The summed E-state index contributed by atoms with van der Waals surface area (Å²) in [4.78, 5) is 32.3. The average molecular weight is 721 g/mol. The summed E-state index contributed by atoms with van der Waals surface area (Å²) in [5, 5.41) is 11.1. The third kappa shape index (κ3) is 7.24. The molecule has 51 heavy (non-hydrogen) atoms. The highest BCUT2D eigenvalue weighted by Crippen LogP contribution is 2.52. The number of carboxylic acid groups (broad SMARTS) is 1. The molecular weight excluding hydrogens is 669 g/mol. The maximum Gasteiger partial charge on any atom is 0.425 e. The van der Waals surface area contributed by atoms with Crippen molar-refractivity contribution in [2.45, 2.75) is 111 Å². The molecule has 5 rings (SSSR count). The van der Waals surface area contributed by atoms with Crippen LogP contribution >= 0.6 is 0 Å². The number of sulfonamides is 1. The molecule has 3 atom stereocenters. The minimum atomic E-state index is -4.80. The molecule has 0 spiro atoms. The van der Waals surface area contributed by atoms with Gasteiger partial charge >= 0.3 is 12.1 Å². The smallest absolute Gasteiger partial charge is 0.425 e. The van der Waals surface area contributed by atoms with Crippen molar-refractivity contribution in [3.63, 3.8) is 0 Å². The van der Waals surface area contributed by atoms with Gasteiger partial charge in [0.2, 0.25) is 0 Å². The SMILES string of the molecule is CCCCC[C@](CCCN=C(N)N)(C(=O)O)N(C(=O)OCc1cccc2c1Cc1ccccc1-2)S(=O)(=O)C1=C(C)C(C)=C2OC(C)(C)CC2C1C. The largest absolute Gasteiger partial charge is 0.492 e. The standard InChI is InChI=1S/C39H52N4O7S/c1-7-8-11-18-39(35(44)45,19-13-20-42-36(40)41)43(51(47,48)34-25(3)24(2)33-32(26(34)4)22-38(5,6)50-33)37(46)49-23-28-15-12-17-30-29-16-10-9-14-27(29)21-31(28)30/h9-10,12,14-17,26,32H,7-8,11,13,18-23H2,1-6H3,(H,44,45)(H4,40,41,42)/t26?,32?,39-/m0/s1. The van der Waals surface area contributed by atoms with E-state index in [2.05, 4.69) is 11.1 Å². The number of fused-ring (bicyclic) bond motifs is 4. The normalized spacial score (nSPS) is 20.1. The van der Waals surface area contributed by atoms with Gasteiger partial charge in [-0.25, -0.2) is 18.0 Å². The van der Waals surface area contributed by atoms with E-state index in [-0.39, 0.29) is 49.2 Å². The predicted octanol–water partition coefficient (Wildman–Crippen LogP) is 7.00. The van der Waals surface area contributed by atoms with Gasteiger partial charge in [0.05, 0.1) is 4.91 Å². The Morgan fingerprint density at radius 3 is 2.41 bits per heavy atom. The fourth-order valence-electron chi connectivity index (χ4n) is 8.15. The molecule has 1 fully saturated rings. The van der Waals surface area contributed by atoms with Crippen molar-refractivity contribution >= 4 is 28.0 Å². The number of hydrogen-bond acceptors (Lipinski definition) is 7. The third-order valence-electron chi connectivity index (χ3n) is 10.8. The number of aliphatic imine (C=N–C) groups is 1. The van der Waals surface area contributed by atoms with Crippen LogP contribution in [-0.2, 0) is 37.3 Å². The molecule has 0 aromatic heterocycles.